The first kappa shape index (κ1) is 15.1. The van der Waals surface area contributed by atoms with Crippen molar-refractivity contribution in [2.24, 2.45) is 0 Å². The fraction of sp³-hybridized carbons (Fsp3) is 0.833. The Labute approximate surface area is 99.6 Å². The summed E-state index contributed by atoms with van der Waals surface area (Å²) in [6, 6.07) is 4.33. The van der Waals surface area contributed by atoms with Crippen molar-refractivity contribution in [3.05, 3.63) is 11.3 Å². The van der Waals surface area contributed by atoms with Crippen LogP contribution in [0.4, 0.5) is 0 Å². The van der Waals surface area contributed by atoms with Crippen LogP contribution in [-0.4, -0.2) is 29.9 Å². The van der Waals surface area contributed by atoms with Crippen molar-refractivity contribution in [1.82, 2.24) is 5.32 Å². The van der Waals surface area contributed by atoms with Crippen LogP contribution in [0.25, 0.3) is 0 Å². The minimum absolute atomic E-state index is 0.0210. The molecule has 0 aliphatic heterocycles. The van der Waals surface area contributed by atoms with Crippen molar-refractivity contribution in [2.75, 3.05) is 12.3 Å². The topological polar surface area (TPSA) is 12.0 Å². The molecule has 0 atom stereocenters. The molecule has 1 nitrogen and oxygen atoms in total. The lowest BCUT2D eigenvalue weighted by Crippen LogP contribution is -2.44. The summed E-state index contributed by atoms with van der Waals surface area (Å²) in [5.74, 6) is 0. The van der Waals surface area contributed by atoms with E-state index < -0.39 is 8.07 Å². The third-order valence-electron chi connectivity index (χ3n) is 3.62. The van der Waals surface area contributed by atoms with Crippen LogP contribution in [0, 0.1) is 0 Å². The summed E-state index contributed by atoms with van der Waals surface area (Å²) in [7, 11) is -0.883. The van der Waals surface area contributed by atoms with E-state index in [0.29, 0.717) is 0 Å². The summed E-state index contributed by atoms with van der Waals surface area (Å²) in [4.78, 5) is 0. The molecule has 90 valence electrons. The smallest absolute Gasteiger partial charge is 0.0679 e. The van der Waals surface area contributed by atoms with E-state index in [9.17, 15) is 0 Å². The Kier molecular flexibility index (Phi) is 8.38. The molecule has 0 radical (unpaired) electrons. The maximum atomic E-state index is 3.71. The number of hydrogen-bond donors (Lipinski definition) is 1. The summed E-state index contributed by atoms with van der Waals surface area (Å²) < 4.78 is 0. The van der Waals surface area contributed by atoms with Crippen molar-refractivity contribution in [3.8, 4) is 0 Å². The highest BCUT2D eigenvalue weighted by Gasteiger charge is 2.25. The van der Waals surface area contributed by atoms with Gasteiger partial charge in [0.2, 0.25) is 0 Å². The standard InChI is InChI=1S/C12H29NSi2/c1-6-15(7-2,8-3)11-13-10-14-9-12(4)5/h9,13H,6-8,10-11,14H2,1-5H3. The molecule has 0 fully saturated rings. The zero-order valence-corrected chi connectivity index (χ0v) is 13.7. The highest BCUT2D eigenvalue weighted by Crippen LogP contribution is 2.18. The quantitative estimate of drug-likeness (QED) is 0.510. The number of allylic oxidation sites excluding steroid dienone is 1. The molecule has 0 unspecified atom stereocenters. The van der Waals surface area contributed by atoms with Gasteiger partial charge in [-0.05, 0) is 26.2 Å². The summed E-state index contributed by atoms with van der Waals surface area (Å²) in [5, 5.41) is 3.71. The second-order valence-corrected chi connectivity index (χ2v) is 11.8. The Morgan fingerprint density at radius 2 is 1.67 bits per heavy atom. The molecular weight excluding hydrogens is 214 g/mol. The van der Waals surface area contributed by atoms with Crippen LogP contribution >= 0.6 is 0 Å². The highest BCUT2D eigenvalue weighted by atomic mass is 28.3. The minimum Gasteiger partial charge on any atom is -0.322 e. The van der Waals surface area contributed by atoms with Crippen LogP contribution in [0.15, 0.2) is 11.3 Å². The first-order chi connectivity index (χ1) is 7.10. The van der Waals surface area contributed by atoms with Crippen molar-refractivity contribution in [3.63, 3.8) is 0 Å². The Morgan fingerprint density at radius 3 is 2.07 bits per heavy atom. The van der Waals surface area contributed by atoms with Crippen molar-refractivity contribution >= 4 is 17.6 Å². The molecule has 0 saturated heterocycles. The zero-order chi connectivity index (χ0) is 11.7. The summed E-state index contributed by atoms with van der Waals surface area (Å²) in [6.07, 6.45) is 2.64. The fourth-order valence-electron chi connectivity index (χ4n) is 1.94. The maximum absolute atomic E-state index is 3.71. The van der Waals surface area contributed by atoms with Crippen molar-refractivity contribution < 1.29 is 0 Å². The molecule has 1 N–H and O–H groups in total. The van der Waals surface area contributed by atoms with Crippen LogP contribution in [0.1, 0.15) is 34.6 Å². The van der Waals surface area contributed by atoms with Gasteiger partial charge in [0, 0.05) is 0 Å². The van der Waals surface area contributed by atoms with E-state index >= 15 is 0 Å². The highest BCUT2D eigenvalue weighted by molar-refractivity contribution is 6.79. The summed E-state index contributed by atoms with van der Waals surface area (Å²) >= 11 is 0. The normalized spacial score (nSPS) is 12.3. The zero-order valence-electron chi connectivity index (χ0n) is 11.3. The molecule has 15 heavy (non-hydrogen) atoms. The minimum atomic E-state index is -0.904. The third kappa shape index (κ3) is 6.33. The van der Waals surface area contributed by atoms with E-state index in [1.54, 1.807) is 0 Å². The molecule has 3 heteroatoms. The number of rotatable bonds is 8. The van der Waals surface area contributed by atoms with Gasteiger partial charge < -0.3 is 5.32 Å². The monoisotopic (exact) mass is 243 g/mol. The van der Waals surface area contributed by atoms with Crippen molar-refractivity contribution in [1.29, 1.82) is 0 Å². The molecule has 0 amide bonds. The Balaban J connectivity index is 3.77. The molecule has 0 bridgehead atoms. The molecule has 0 rings (SSSR count). The van der Waals surface area contributed by atoms with E-state index in [-0.39, 0.29) is 9.52 Å². The molecular formula is C12H29NSi2. The average molecular weight is 244 g/mol. The number of nitrogens with one attached hydrogen (secondary N) is 1. The van der Waals surface area contributed by atoms with E-state index in [0.717, 1.165) is 0 Å². The van der Waals surface area contributed by atoms with E-state index in [1.807, 2.05) is 0 Å². The molecule has 0 aromatic rings. The maximum Gasteiger partial charge on any atom is 0.0679 e. The lowest BCUT2D eigenvalue weighted by atomic mass is 10.4. The van der Waals surface area contributed by atoms with E-state index in [2.05, 4.69) is 45.6 Å². The summed E-state index contributed by atoms with van der Waals surface area (Å²) in [5.41, 5.74) is 3.95. The molecule has 0 saturated carbocycles. The lowest BCUT2D eigenvalue weighted by molar-refractivity contribution is 0.879. The van der Waals surface area contributed by atoms with E-state index in [1.165, 1.54) is 36.0 Å². The predicted octanol–water partition coefficient (Wildman–Crippen LogP) is 2.67. The second-order valence-electron chi connectivity index (χ2n) is 4.81. The first-order valence-corrected chi connectivity index (χ1v) is 11.1. The van der Waals surface area contributed by atoms with Crippen LogP contribution in [0.2, 0.25) is 18.1 Å². The van der Waals surface area contributed by atoms with E-state index in [4.69, 9.17) is 0 Å². The average Bonchev–Trinajstić information content (AvgIpc) is 2.24. The van der Waals surface area contributed by atoms with Gasteiger partial charge in [0.1, 0.15) is 0 Å². The van der Waals surface area contributed by atoms with Crippen LogP contribution < -0.4 is 5.32 Å². The Morgan fingerprint density at radius 1 is 1.13 bits per heavy atom. The second kappa shape index (κ2) is 8.30. The molecule has 0 spiro atoms. The van der Waals surface area contributed by atoms with Gasteiger partial charge in [-0.25, -0.2) is 0 Å². The largest absolute Gasteiger partial charge is 0.322 e. The summed E-state index contributed by atoms with van der Waals surface area (Å²) in [6.45, 7) is 11.6. The van der Waals surface area contributed by atoms with Gasteiger partial charge >= 0.3 is 0 Å². The predicted molar refractivity (Wildman–Crippen MR) is 78.0 cm³/mol. The van der Waals surface area contributed by atoms with Crippen molar-refractivity contribution in [2.45, 2.75) is 52.8 Å². The molecule has 0 aromatic heterocycles. The molecule has 0 aliphatic rings. The van der Waals surface area contributed by atoms with Gasteiger partial charge in [-0.3, -0.25) is 0 Å². The van der Waals surface area contributed by atoms with Crippen LogP contribution in [0.3, 0.4) is 0 Å². The fourth-order valence-corrected chi connectivity index (χ4v) is 6.35. The van der Waals surface area contributed by atoms with Gasteiger partial charge in [-0.2, -0.15) is 0 Å². The Bertz CT molecular complexity index is 174. The molecule has 0 aromatic carbocycles. The van der Waals surface area contributed by atoms with Gasteiger partial charge in [0.25, 0.3) is 0 Å². The SMILES string of the molecule is CC[Si](CC)(CC)CNC[SiH2]C=C(C)C. The molecule has 0 aliphatic carbocycles. The Hall–Kier alpha value is 0.134. The van der Waals surface area contributed by atoms with Gasteiger partial charge in [0.15, 0.2) is 0 Å². The van der Waals surface area contributed by atoms with Gasteiger partial charge in [0.05, 0.1) is 17.6 Å². The lowest BCUT2D eigenvalue weighted by Gasteiger charge is -2.28. The number of hydrogen-bond acceptors (Lipinski definition) is 1. The van der Waals surface area contributed by atoms with Crippen LogP contribution in [0.5, 0.6) is 0 Å². The van der Waals surface area contributed by atoms with Gasteiger partial charge in [-0.1, -0.05) is 44.5 Å². The van der Waals surface area contributed by atoms with Crippen LogP contribution in [-0.2, 0) is 0 Å². The van der Waals surface area contributed by atoms with Gasteiger partial charge in [-0.15, -0.1) is 5.70 Å². The first-order valence-electron chi connectivity index (χ1n) is 6.44. The third-order valence-corrected chi connectivity index (χ3v) is 10.9. The molecule has 0 heterocycles.